The number of hydrogen-bond donors (Lipinski definition) is 1. The Kier molecular flexibility index (Phi) is 37.9. The van der Waals surface area contributed by atoms with Crippen molar-refractivity contribution in [1.29, 1.82) is 0 Å². The van der Waals surface area contributed by atoms with E-state index < -0.39 is 7.82 Å². The first-order valence-electron chi connectivity index (χ1n) is 20.9. The molecule has 0 aliphatic rings. The molecule has 0 bridgehead atoms. The summed E-state index contributed by atoms with van der Waals surface area (Å²) < 4.78 is 22.7. The summed E-state index contributed by atoms with van der Waals surface area (Å²) in [6, 6.07) is 0. The molecule has 6 heteroatoms. The van der Waals surface area contributed by atoms with Gasteiger partial charge in [-0.3, -0.25) is 9.05 Å². The van der Waals surface area contributed by atoms with Gasteiger partial charge in [0.1, 0.15) is 0 Å². The van der Waals surface area contributed by atoms with Crippen molar-refractivity contribution in [3.63, 3.8) is 0 Å². The Bertz CT molecular complexity index is 598. The zero-order valence-corrected chi connectivity index (χ0v) is 32.6. The minimum absolute atomic E-state index is 0.312. The van der Waals surface area contributed by atoms with E-state index in [1.165, 1.54) is 193 Å². The fourth-order valence-corrected chi connectivity index (χ4v) is 7.20. The van der Waals surface area contributed by atoms with E-state index >= 15 is 0 Å². The fourth-order valence-electron chi connectivity index (χ4n) is 6.41. The third-order valence-electron chi connectivity index (χ3n) is 9.53. The van der Waals surface area contributed by atoms with Gasteiger partial charge in [0.2, 0.25) is 0 Å². The molecular weight excluding hydrogens is 589 g/mol. The minimum atomic E-state index is -3.91. The lowest BCUT2D eigenvalue weighted by Gasteiger charge is -2.22. The van der Waals surface area contributed by atoms with E-state index in [0.717, 1.165) is 32.1 Å². The average molecular weight is 674 g/mol. The van der Waals surface area contributed by atoms with Crippen LogP contribution in [0.3, 0.4) is 0 Å². The number of phosphoric ester groups is 1. The topological polar surface area (TPSA) is 59.0 Å². The lowest BCUT2D eigenvalue weighted by atomic mass is 10.1. The molecule has 5 nitrogen and oxygen atoms in total. The van der Waals surface area contributed by atoms with Crippen LogP contribution in [-0.4, -0.2) is 42.6 Å². The molecule has 0 aromatic rings. The first kappa shape index (κ1) is 46.1. The molecule has 0 aromatic carbocycles. The highest BCUT2D eigenvalue weighted by molar-refractivity contribution is 7.47. The predicted octanol–water partition coefficient (Wildman–Crippen LogP) is 14.0. The minimum Gasteiger partial charge on any atom is -0.303 e. The third kappa shape index (κ3) is 36.9. The molecule has 0 spiro atoms. The SMILES string of the molecule is CCCCCCCCCCCCOP(=O)(O)OCCCCCCN(CCCCCCCCCCC)CCCCCCCCCCC. The summed E-state index contributed by atoms with van der Waals surface area (Å²) in [5.74, 6) is 0. The van der Waals surface area contributed by atoms with Crippen molar-refractivity contribution in [1.82, 2.24) is 4.90 Å². The molecular formula is C40H84NO4P. The Balaban J connectivity index is 3.97. The van der Waals surface area contributed by atoms with Crippen LogP contribution in [0.15, 0.2) is 0 Å². The van der Waals surface area contributed by atoms with E-state index in [4.69, 9.17) is 9.05 Å². The number of rotatable bonds is 40. The Morgan fingerprint density at radius 1 is 0.370 bits per heavy atom. The lowest BCUT2D eigenvalue weighted by Crippen LogP contribution is -2.27. The second kappa shape index (κ2) is 37.9. The van der Waals surface area contributed by atoms with E-state index in [9.17, 15) is 9.46 Å². The summed E-state index contributed by atoms with van der Waals surface area (Å²) >= 11 is 0. The maximum atomic E-state index is 12.2. The van der Waals surface area contributed by atoms with E-state index in [-0.39, 0.29) is 0 Å². The van der Waals surface area contributed by atoms with E-state index in [1.54, 1.807) is 0 Å². The average Bonchev–Trinajstić information content (AvgIpc) is 3.04. The summed E-state index contributed by atoms with van der Waals surface area (Å²) in [7, 11) is -3.91. The summed E-state index contributed by atoms with van der Waals surface area (Å²) in [5.41, 5.74) is 0. The highest BCUT2D eigenvalue weighted by Crippen LogP contribution is 2.43. The van der Waals surface area contributed by atoms with Gasteiger partial charge in [-0.2, -0.15) is 0 Å². The van der Waals surface area contributed by atoms with Crippen LogP contribution in [0.1, 0.15) is 226 Å². The van der Waals surface area contributed by atoms with Crippen molar-refractivity contribution in [2.75, 3.05) is 32.8 Å². The van der Waals surface area contributed by atoms with Crippen molar-refractivity contribution in [3.8, 4) is 0 Å². The normalized spacial score (nSPS) is 13.2. The van der Waals surface area contributed by atoms with Gasteiger partial charge in [-0.05, 0) is 51.7 Å². The van der Waals surface area contributed by atoms with Gasteiger partial charge in [0.25, 0.3) is 0 Å². The second-order valence-electron chi connectivity index (χ2n) is 14.2. The van der Waals surface area contributed by atoms with Crippen molar-refractivity contribution < 1.29 is 18.5 Å². The molecule has 0 rings (SSSR count). The monoisotopic (exact) mass is 674 g/mol. The van der Waals surface area contributed by atoms with Crippen molar-refractivity contribution in [3.05, 3.63) is 0 Å². The molecule has 0 aliphatic carbocycles. The molecule has 1 N–H and O–H groups in total. The van der Waals surface area contributed by atoms with Crippen molar-refractivity contribution >= 4 is 7.82 Å². The molecule has 0 heterocycles. The molecule has 0 amide bonds. The molecule has 0 saturated carbocycles. The zero-order chi connectivity index (χ0) is 33.7. The fraction of sp³-hybridized carbons (Fsp3) is 1.00. The zero-order valence-electron chi connectivity index (χ0n) is 31.7. The van der Waals surface area contributed by atoms with Gasteiger partial charge in [-0.1, -0.05) is 194 Å². The summed E-state index contributed by atoms with van der Waals surface area (Å²) in [6.07, 6.45) is 41.6. The Morgan fingerprint density at radius 2 is 0.587 bits per heavy atom. The van der Waals surface area contributed by atoms with Crippen LogP contribution in [0, 0.1) is 0 Å². The maximum absolute atomic E-state index is 12.2. The summed E-state index contributed by atoms with van der Waals surface area (Å²) in [4.78, 5) is 12.7. The summed E-state index contributed by atoms with van der Waals surface area (Å²) in [5, 5.41) is 0. The van der Waals surface area contributed by atoms with Crippen molar-refractivity contribution in [2.45, 2.75) is 226 Å². The molecule has 0 aliphatic heterocycles. The van der Waals surface area contributed by atoms with Crippen LogP contribution >= 0.6 is 7.82 Å². The molecule has 0 saturated heterocycles. The van der Waals surface area contributed by atoms with Crippen LogP contribution in [-0.2, 0) is 13.6 Å². The van der Waals surface area contributed by atoms with Gasteiger partial charge in [0.15, 0.2) is 0 Å². The maximum Gasteiger partial charge on any atom is 0.472 e. The van der Waals surface area contributed by atoms with Crippen LogP contribution in [0.5, 0.6) is 0 Å². The highest BCUT2D eigenvalue weighted by atomic mass is 31.2. The van der Waals surface area contributed by atoms with Gasteiger partial charge in [-0.15, -0.1) is 0 Å². The predicted molar refractivity (Wildman–Crippen MR) is 203 cm³/mol. The van der Waals surface area contributed by atoms with E-state index in [1.807, 2.05) is 0 Å². The molecule has 0 radical (unpaired) electrons. The Hall–Kier alpha value is 0.0700. The molecule has 1 atom stereocenters. The van der Waals surface area contributed by atoms with Gasteiger partial charge < -0.3 is 9.79 Å². The lowest BCUT2D eigenvalue weighted by molar-refractivity contribution is 0.145. The quantitative estimate of drug-likeness (QED) is 0.0518. The van der Waals surface area contributed by atoms with Crippen LogP contribution in [0.25, 0.3) is 0 Å². The molecule has 0 fully saturated rings. The van der Waals surface area contributed by atoms with Gasteiger partial charge in [0, 0.05) is 0 Å². The highest BCUT2D eigenvalue weighted by Gasteiger charge is 2.20. The molecule has 46 heavy (non-hydrogen) atoms. The van der Waals surface area contributed by atoms with Crippen molar-refractivity contribution in [2.24, 2.45) is 0 Å². The smallest absolute Gasteiger partial charge is 0.303 e. The Labute approximate surface area is 289 Å². The Morgan fingerprint density at radius 3 is 0.848 bits per heavy atom. The molecule has 278 valence electrons. The number of nitrogens with zero attached hydrogens (tertiary/aromatic N) is 1. The largest absolute Gasteiger partial charge is 0.472 e. The van der Waals surface area contributed by atoms with Crippen LogP contribution < -0.4 is 0 Å². The molecule has 1 unspecified atom stereocenters. The summed E-state index contributed by atoms with van der Waals surface area (Å²) in [6.45, 7) is 11.2. The number of phosphoric acid groups is 1. The van der Waals surface area contributed by atoms with E-state index in [0.29, 0.717) is 13.2 Å². The first-order valence-corrected chi connectivity index (χ1v) is 22.4. The molecule has 0 aromatic heterocycles. The third-order valence-corrected chi connectivity index (χ3v) is 10.5. The van der Waals surface area contributed by atoms with Gasteiger partial charge in [0.05, 0.1) is 13.2 Å². The number of hydrogen-bond acceptors (Lipinski definition) is 4. The van der Waals surface area contributed by atoms with Crippen LogP contribution in [0.4, 0.5) is 0 Å². The van der Waals surface area contributed by atoms with Crippen LogP contribution in [0.2, 0.25) is 0 Å². The second-order valence-corrected chi connectivity index (χ2v) is 15.7. The van der Waals surface area contributed by atoms with E-state index in [2.05, 4.69) is 25.7 Å². The standard InChI is InChI=1S/C40H84NO4P/c1-4-7-10-13-16-19-22-25-29-34-39-44-46(42,43)45-40-35-30-28-33-38-41(36-31-26-23-20-17-14-11-8-5-2)37-32-27-24-21-18-15-12-9-6-3/h4-40H2,1-3H3,(H,42,43). The number of unbranched alkanes of at least 4 members (excludes halogenated alkanes) is 28. The van der Waals surface area contributed by atoms with Gasteiger partial charge in [-0.25, -0.2) is 4.57 Å². The van der Waals surface area contributed by atoms with Gasteiger partial charge >= 0.3 is 7.82 Å². The first-order chi connectivity index (χ1) is 22.6.